The summed E-state index contributed by atoms with van der Waals surface area (Å²) in [6, 6.07) is 2.50. The van der Waals surface area contributed by atoms with Crippen LogP contribution in [0.4, 0.5) is 0 Å². The number of furan rings is 1. The summed E-state index contributed by atoms with van der Waals surface area (Å²) in [6.07, 6.45) is 2.50. The van der Waals surface area contributed by atoms with Crippen molar-refractivity contribution in [2.75, 3.05) is 6.54 Å². The van der Waals surface area contributed by atoms with E-state index in [0.29, 0.717) is 17.5 Å². The SMILES string of the molecule is Cc1cc(CN(CC(C)C)C2CC2)oc1C(=O)O. The van der Waals surface area contributed by atoms with Crippen molar-refractivity contribution in [3.05, 3.63) is 23.2 Å². The van der Waals surface area contributed by atoms with Gasteiger partial charge in [0.25, 0.3) is 0 Å². The second-order valence-corrected chi connectivity index (χ2v) is 5.58. The number of aryl methyl sites for hydroxylation is 1. The maximum Gasteiger partial charge on any atom is 0.372 e. The van der Waals surface area contributed by atoms with Crippen LogP contribution in [-0.2, 0) is 6.54 Å². The fourth-order valence-electron chi connectivity index (χ4n) is 2.29. The van der Waals surface area contributed by atoms with E-state index < -0.39 is 5.97 Å². The molecule has 1 N–H and O–H groups in total. The summed E-state index contributed by atoms with van der Waals surface area (Å²) in [5.74, 6) is 0.462. The molecule has 0 amide bonds. The Bertz CT molecular complexity index is 432. The average molecular weight is 251 g/mol. The first-order valence-electron chi connectivity index (χ1n) is 6.54. The molecule has 0 unspecified atom stereocenters. The number of hydrogen-bond donors (Lipinski definition) is 1. The fourth-order valence-corrected chi connectivity index (χ4v) is 2.29. The highest BCUT2D eigenvalue weighted by Gasteiger charge is 2.30. The Labute approximate surface area is 108 Å². The molecule has 1 aliphatic carbocycles. The lowest BCUT2D eigenvalue weighted by atomic mass is 10.2. The molecule has 18 heavy (non-hydrogen) atoms. The van der Waals surface area contributed by atoms with E-state index in [1.54, 1.807) is 6.92 Å². The topological polar surface area (TPSA) is 53.7 Å². The van der Waals surface area contributed by atoms with Gasteiger partial charge < -0.3 is 9.52 Å². The normalized spacial score (nSPS) is 15.6. The standard InChI is InChI=1S/C14H21NO3/c1-9(2)7-15(11-4-5-11)8-12-6-10(3)13(18-12)14(16)17/h6,9,11H,4-5,7-8H2,1-3H3,(H,16,17). The van der Waals surface area contributed by atoms with E-state index >= 15 is 0 Å². The van der Waals surface area contributed by atoms with Gasteiger partial charge in [-0.3, -0.25) is 4.90 Å². The van der Waals surface area contributed by atoms with Gasteiger partial charge in [-0.15, -0.1) is 0 Å². The molecule has 0 atom stereocenters. The van der Waals surface area contributed by atoms with Crippen LogP contribution in [0.1, 0.15) is 48.6 Å². The van der Waals surface area contributed by atoms with Gasteiger partial charge in [-0.05, 0) is 31.7 Å². The van der Waals surface area contributed by atoms with Crippen molar-refractivity contribution in [1.29, 1.82) is 0 Å². The van der Waals surface area contributed by atoms with Gasteiger partial charge in [0.1, 0.15) is 5.76 Å². The predicted octanol–water partition coefficient (Wildman–Crippen LogP) is 2.91. The van der Waals surface area contributed by atoms with Crippen molar-refractivity contribution >= 4 is 5.97 Å². The smallest absolute Gasteiger partial charge is 0.372 e. The minimum absolute atomic E-state index is 0.0743. The van der Waals surface area contributed by atoms with Crippen LogP contribution in [0.2, 0.25) is 0 Å². The number of aromatic carboxylic acids is 1. The highest BCUT2D eigenvalue weighted by Crippen LogP contribution is 2.29. The van der Waals surface area contributed by atoms with E-state index in [1.165, 1.54) is 12.8 Å². The predicted molar refractivity (Wildman–Crippen MR) is 68.7 cm³/mol. The lowest BCUT2D eigenvalue weighted by Gasteiger charge is -2.22. The van der Waals surface area contributed by atoms with Crippen LogP contribution >= 0.6 is 0 Å². The number of nitrogens with zero attached hydrogens (tertiary/aromatic N) is 1. The largest absolute Gasteiger partial charge is 0.475 e. The average Bonchev–Trinajstić information content (AvgIpc) is 3.02. The monoisotopic (exact) mass is 251 g/mol. The van der Waals surface area contributed by atoms with Crippen molar-refractivity contribution in [3.8, 4) is 0 Å². The second-order valence-electron chi connectivity index (χ2n) is 5.58. The molecule has 2 rings (SSSR count). The van der Waals surface area contributed by atoms with Crippen LogP contribution in [0.15, 0.2) is 10.5 Å². The van der Waals surface area contributed by atoms with E-state index in [9.17, 15) is 4.79 Å². The van der Waals surface area contributed by atoms with E-state index in [4.69, 9.17) is 9.52 Å². The molecule has 1 fully saturated rings. The minimum Gasteiger partial charge on any atom is -0.475 e. The summed E-state index contributed by atoms with van der Waals surface area (Å²) in [5, 5.41) is 8.97. The zero-order valence-corrected chi connectivity index (χ0v) is 11.3. The second kappa shape index (κ2) is 5.14. The Kier molecular flexibility index (Phi) is 3.76. The summed E-state index contributed by atoms with van der Waals surface area (Å²) in [5.41, 5.74) is 0.706. The van der Waals surface area contributed by atoms with Gasteiger partial charge in [0.2, 0.25) is 5.76 Å². The molecule has 1 aliphatic rings. The lowest BCUT2D eigenvalue weighted by molar-refractivity contribution is 0.0656. The molecule has 4 nitrogen and oxygen atoms in total. The highest BCUT2D eigenvalue weighted by atomic mass is 16.4. The van der Waals surface area contributed by atoms with Crippen molar-refractivity contribution in [2.24, 2.45) is 5.92 Å². The first-order valence-corrected chi connectivity index (χ1v) is 6.54. The zero-order valence-electron chi connectivity index (χ0n) is 11.3. The quantitative estimate of drug-likeness (QED) is 0.844. The third-order valence-electron chi connectivity index (χ3n) is 3.18. The molecule has 0 bridgehead atoms. The Balaban J connectivity index is 2.06. The van der Waals surface area contributed by atoms with Crippen molar-refractivity contribution in [3.63, 3.8) is 0 Å². The van der Waals surface area contributed by atoms with Gasteiger partial charge in [0.15, 0.2) is 0 Å². The maximum absolute atomic E-state index is 10.9. The van der Waals surface area contributed by atoms with Crippen LogP contribution in [0.3, 0.4) is 0 Å². The van der Waals surface area contributed by atoms with E-state index in [0.717, 1.165) is 18.8 Å². The summed E-state index contributed by atoms with van der Waals surface area (Å²) in [4.78, 5) is 13.3. The molecule has 1 heterocycles. The molecule has 1 aromatic heterocycles. The van der Waals surface area contributed by atoms with Crippen LogP contribution in [0.25, 0.3) is 0 Å². The highest BCUT2D eigenvalue weighted by molar-refractivity contribution is 5.86. The van der Waals surface area contributed by atoms with Crippen molar-refractivity contribution < 1.29 is 14.3 Å². The van der Waals surface area contributed by atoms with E-state index in [-0.39, 0.29) is 5.76 Å². The van der Waals surface area contributed by atoms with E-state index in [1.807, 2.05) is 6.07 Å². The fraction of sp³-hybridized carbons (Fsp3) is 0.643. The van der Waals surface area contributed by atoms with Crippen LogP contribution in [0, 0.1) is 12.8 Å². The van der Waals surface area contributed by atoms with Crippen LogP contribution < -0.4 is 0 Å². The summed E-state index contributed by atoms with van der Waals surface area (Å²) < 4.78 is 5.42. The summed E-state index contributed by atoms with van der Waals surface area (Å²) in [6.45, 7) is 7.93. The Morgan fingerprint density at radius 3 is 2.67 bits per heavy atom. The summed E-state index contributed by atoms with van der Waals surface area (Å²) in [7, 11) is 0. The minimum atomic E-state index is -0.986. The van der Waals surface area contributed by atoms with Gasteiger partial charge in [0, 0.05) is 18.2 Å². The first-order chi connectivity index (χ1) is 8.47. The van der Waals surface area contributed by atoms with Crippen molar-refractivity contribution in [2.45, 2.75) is 46.2 Å². The number of hydrogen-bond acceptors (Lipinski definition) is 3. The summed E-state index contributed by atoms with van der Waals surface area (Å²) >= 11 is 0. The third kappa shape index (κ3) is 3.13. The molecule has 0 aliphatic heterocycles. The van der Waals surface area contributed by atoms with E-state index in [2.05, 4.69) is 18.7 Å². The molecule has 1 aromatic rings. The molecule has 1 saturated carbocycles. The van der Waals surface area contributed by atoms with Crippen LogP contribution in [0.5, 0.6) is 0 Å². The molecular formula is C14H21NO3. The third-order valence-corrected chi connectivity index (χ3v) is 3.18. The Morgan fingerprint density at radius 1 is 1.56 bits per heavy atom. The van der Waals surface area contributed by atoms with Gasteiger partial charge >= 0.3 is 5.97 Å². The van der Waals surface area contributed by atoms with Gasteiger partial charge in [-0.2, -0.15) is 0 Å². The maximum atomic E-state index is 10.9. The van der Waals surface area contributed by atoms with Gasteiger partial charge in [0.05, 0.1) is 6.54 Å². The van der Waals surface area contributed by atoms with Crippen molar-refractivity contribution in [1.82, 2.24) is 4.90 Å². The Hall–Kier alpha value is -1.29. The Morgan fingerprint density at radius 2 is 2.22 bits per heavy atom. The number of carbonyl (C=O) groups is 1. The zero-order chi connectivity index (χ0) is 13.3. The number of rotatable bonds is 6. The molecule has 0 spiro atoms. The molecule has 0 radical (unpaired) electrons. The molecule has 0 saturated heterocycles. The lowest BCUT2D eigenvalue weighted by Crippen LogP contribution is -2.29. The molecule has 4 heteroatoms. The molecule has 100 valence electrons. The van der Waals surface area contributed by atoms with Gasteiger partial charge in [-0.25, -0.2) is 4.79 Å². The number of carboxylic acid groups (broad SMARTS) is 1. The van der Waals surface area contributed by atoms with Crippen LogP contribution in [-0.4, -0.2) is 28.6 Å². The molecule has 0 aromatic carbocycles. The first kappa shape index (κ1) is 13.1. The number of carboxylic acids is 1. The molecular weight excluding hydrogens is 230 g/mol. The van der Waals surface area contributed by atoms with Gasteiger partial charge in [-0.1, -0.05) is 13.8 Å².